The lowest BCUT2D eigenvalue weighted by molar-refractivity contribution is 0.0916. The van der Waals surface area contributed by atoms with Crippen LogP contribution in [0.3, 0.4) is 0 Å². The van der Waals surface area contributed by atoms with Gasteiger partial charge in [0, 0.05) is 18.0 Å². The van der Waals surface area contributed by atoms with Gasteiger partial charge in [-0.15, -0.1) is 0 Å². The van der Waals surface area contributed by atoms with Crippen LogP contribution in [0, 0.1) is 18.7 Å². The van der Waals surface area contributed by atoms with Gasteiger partial charge >= 0.3 is 0 Å². The lowest BCUT2D eigenvalue weighted by Gasteiger charge is -2.14. The van der Waals surface area contributed by atoms with Gasteiger partial charge < -0.3 is 5.32 Å². The summed E-state index contributed by atoms with van der Waals surface area (Å²) in [6.07, 6.45) is 0.700. The monoisotopic (exact) mass is 257 g/mol. The average molecular weight is 258 g/mol. The quantitative estimate of drug-likeness (QED) is 0.821. The number of Topliss-reactive ketones (excluding diaryl/α,β-unsaturated/α-hetero) is 1. The number of hydrogen-bond acceptors (Lipinski definition) is 2. The first-order chi connectivity index (χ1) is 8.01. The molecule has 0 saturated heterocycles. The highest BCUT2D eigenvalue weighted by Gasteiger charge is 2.21. The number of benzene rings is 1. The van der Waals surface area contributed by atoms with E-state index in [-0.39, 0.29) is 17.3 Å². The molecule has 1 atom stereocenters. The zero-order chi connectivity index (χ0) is 13.0. The highest BCUT2D eigenvalue weighted by molar-refractivity contribution is 6.34. The molecule has 1 aromatic carbocycles. The van der Waals surface area contributed by atoms with Crippen molar-refractivity contribution in [1.82, 2.24) is 5.32 Å². The van der Waals surface area contributed by atoms with E-state index in [0.717, 1.165) is 0 Å². The van der Waals surface area contributed by atoms with Gasteiger partial charge in [-0.1, -0.05) is 18.5 Å². The van der Waals surface area contributed by atoms with E-state index in [1.807, 2.05) is 6.92 Å². The van der Waals surface area contributed by atoms with E-state index in [9.17, 15) is 9.18 Å². The minimum Gasteiger partial charge on any atom is -0.319 e. The standard InChI is InChI=1S/C13H17ClFNO/c1-4-9(7-16-3)13(17)10-6-12(15)8(2)5-11(10)14/h5-6,9,16H,4,7H2,1-3H3. The molecule has 0 heterocycles. The van der Waals surface area contributed by atoms with Gasteiger partial charge in [-0.2, -0.15) is 0 Å². The fourth-order valence-electron chi connectivity index (χ4n) is 1.72. The Bertz CT molecular complexity index is 420. The number of carbonyl (C=O) groups excluding carboxylic acids is 1. The number of ketones is 1. The van der Waals surface area contributed by atoms with E-state index < -0.39 is 5.82 Å². The molecule has 0 saturated carbocycles. The Morgan fingerprint density at radius 2 is 2.18 bits per heavy atom. The van der Waals surface area contributed by atoms with Crippen molar-refractivity contribution < 1.29 is 9.18 Å². The molecule has 2 nitrogen and oxygen atoms in total. The lowest BCUT2D eigenvalue weighted by Crippen LogP contribution is -2.26. The first kappa shape index (κ1) is 14.1. The maximum atomic E-state index is 13.4. The van der Waals surface area contributed by atoms with Gasteiger partial charge in [0.15, 0.2) is 5.78 Å². The number of aryl methyl sites for hydroxylation is 1. The summed E-state index contributed by atoms with van der Waals surface area (Å²) in [5.74, 6) is -0.664. The summed E-state index contributed by atoms with van der Waals surface area (Å²) >= 11 is 5.99. The zero-order valence-electron chi connectivity index (χ0n) is 10.3. The Morgan fingerprint density at radius 3 is 2.71 bits per heavy atom. The molecule has 1 unspecified atom stereocenters. The van der Waals surface area contributed by atoms with Crippen LogP contribution in [0.4, 0.5) is 4.39 Å². The molecule has 0 aliphatic heterocycles. The summed E-state index contributed by atoms with van der Waals surface area (Å²) in [5, 5.41) is 3.28. The summed E-state index contributed by atoms with van der Waals surface area (Å²) in [7, 11) is 1.78. The number of halogens is 2. The third-order valence-corrected chi connectivity index (χ3v) is 3.14. The van der Waals surface area contributed by atoms with Crippen molar-refractivity contribution in [2.24, 2.45) is 5.92 Å². The van der Waals surface area contributed by atoms with Crippen molar-refractivity contribution in [2.45, 2.75) is 20.3 Å². The molecule has 0 amide bonds. The summed E-state index contributed by atoms with van der Waals surface area (Å²) < 4.78 is 13.4. The lowest BCUT2D eigenvalue weighted by atomic mass is 9.94. The average Bonchev–Trinajstić information content (AvgIpc) is 2.30. The first-order valence-electron chi connectivity index (χ1n) is 5.65. The number of hydrogen-bond donors (Lipinski definition) is 1. The van der Waals surface area contributed by atoms with Crippen LogP contribution >= 0.6 is 11.6 Å². The van der Waals surface area contributed by atoms with Crippen molar-refractivity contribution in [3.8, 4) is 0 Å². The Morgan fingerprint density at radius 1 is 1.53 bits per heavy atom. The van der Waals surface area contributed by atoms with E-state index in [4.69, 9.17) is 11.6 Å². The fraction of sp³-hybridized carbons (Fsp3) is 0.462. The third-order valence-electron chi connectivity index (χ3n) is 2.83. The molecule has 0 aliphatic carbocycles. The van der Waals surface area contributed by atoms with Crippen molar-refractivity contribution in [1.29, 1.82) is 0 Å². The second kappa shape index (κ2) is 6.12. The molecule has 4 heteroatoms. The number of rotatable bonds is 5. The largest absolute Gasteiger partial charge is 0.319 e. The molecule has 1 rings (SSSR count). The second-order valence-electron chi connectivity index (χ2n) is 4.11. The molecule has 0 aromatic heterocycles. The summed E-state index contributed by atoms with van der Waals surface area (Å²) in [6.45, 7) is 4.12. The molecular weight excluding hydrogens is 241 g/mol. The molecule has 0 radical (unpaired) electrons. The van der Waals surface area contributed by atoms with Crippen LogP contribution in [-0.2, 0) is 0 Å². The van der Waals surface area contributed by atoms with Gasteiger partial charge in [-0.25, -0.2) is 4.39 Å². The van der Waals surface area contributed by atoms with Gasteiger partial charge in [0.1, 0.15) is 5.82 Å². The van der Waals surface area contributed by atoms with Crippen LogP contribution in [0.25, 0.3) is 0 Å². The molecule has 0 spiro atoms. The molecule has 0 fully saturated rings. The highest BCUT2D eigenvalue weighted by atomic mass is 35.5. The number of carbonyl (C=O) groups is 1. The first-order valence-corrected chi connectivity index (χ1v) is 6.03. The van der Waals surface area contributed by atoms with Crippen LogP contribution in [0.15, 0.2) is 12.1 Å². The van der Waals surface area contributed by atoms with Crippen LogP contribution in [0.5, 0.6) is 0 Å². The summed E-state index contributed by atoms with van der Waals surface area (Å²) in [5.41, 5.74) is 0.727. The molecule has 17 heavy (non-hydrogen) atoms. The Hall–Kier alpha value is -0.930. The molecule has 1 N–H and O–H groups in total. The van der Waals surface area contributed by atoms with E-state index in [0.29, 0.717) is 23.6 Å². The normalized spacial score (nSPS) is 12.5. The molecular formula is C13H17ClFNO. The van der Waals surface area contributed by atoms with Gasteiger partial charge in [0.05, 0.1) is 5.02 Å². The van der Waals surface area contributed by atoms with E-state index in [1.165, 1.54) is 12.1 Å². The molecule has 94 valence electrons. The van der Waals surface area contributed by atoms with Gasteiger partial charge in [0.2, 0.25) is 0 Å². The second-order valence-corrected chi connectivity index (χ2v) is 4.52. The van der Waals surface area contributed by atoms with Crippen LogP contribution < -0.4 is 5.32 Å². The SMILES string of the molecule is CCC(CNC)C(=O)c1cc(F)c(C)cc1Cl. The maximum absolute atomic E-state index is 13.4. The summed E-state index contributed by atoms with van der Waals surface area (Å²) in [4.78, 5) is 12.2. The van der Waals surface area contributed by atoms with Crippen LogP contribution in [-0.4, -0.2) is 19.4 Å². The minimum absolute atomic E-state index is 0.106. The third kappa shape index (κ3) is 3.27. The molecule has 1 aromatic rings. The number of nitrogens with one attached hydrogen (secondary N) is 1. The zero-order valence-corrected chi connectivity index (χ0v) is 11.1. The topological polar surface area (TPSA) is 29.1 Å². The van der Waals surface area contributed by atoms with Crippen molar-refractivity contribution in [3.63, 3.8) is 0 Å². The van der Waals surface area contributed by atoms with Crippen LogP contribution in [0.2, 0.25) is 5.02 Å². The predicted molar refractivity (Wildman–Crippen MR) is 68.2 cm³/mol. The molecule has 0 aliphatic rings. The van der Waals surface area contributed by atoms with E-state index in [2.05, 4.69) is 5.32 Å². The van der Waals surface area contributed by atoms with Crippen molar-refractivity contribution in [2.75, 3.05) is 13.6 Å². The van der Waals surface area contributed by atoms with E-state index >= 15 is 0 Å². The van der Waals surface area contributed by atoms with Gasteiger partial charge in [-0.05, 0) is 38.1 Å². The maximum Gasteiger partial charge on any atom is 0.168 e. The predicted octanol–water partition coefficient (Wildman–Crippen LogP) is 3.22. The fourth-order valence-corrected chi connectivity index (χ4v) is 2.04. The van der Waals surface area contributed by atoms with Gasteiger partial charge in [-0.3, -0.25) is 4.79 Å². The van der Waals surface area contributed by atoms with Gasteiger partial charge in [0.25, 0.3) is 0 Å². The van der Waals surface area contributed by atoms with Crippen molar-refractivity contribution in [3.05, 3.63) is 34.1 Å². The van der Waals surface area contributed by atoms with E-state index in [1.54, 1.807) is 14.0 Å². The summed E-state index contributed by atoms with van der Waals surface area (Å²) in [6, 6.07) is 2.73. The Labute approximate surface area is 106 Å². The minimum atomic E-state index is -0.392. The Balaban J connectivity index is 3.07. The smallest absolute Gasteiger partial charge is 0.168 e. The highest BCUT2D eigenvalue weighted by Crippen LogP contribution is 2.24. The van der Waals surface area contributed by atoms with Crippen molar-refractivity contribution >= 4 is 17.4 Å². The van der Waals surface area contributed by atoms with Crippen LogP contribution in [0.1, 0.15) is 29.3 Å². The molecule has 0 bridgehead atoms. The Kier molecular flexibility index (Phi) is 5.09.